The van der Waals surface area contributed by atoms with Gasteiger partial charge in [0, 0.05) is 12.1 Å². The third-order valence-corrected chi connectivity index (χ3v) is 7.87. The van der Waals surface area contributed by atoms with Crippen molar-refractivity contribution in [2.45, 2.75) is 82.1 Å². The molecule has 0 saturated carbocycles. The van der Waals surface area contributed by atoms with Crippen LogP contribution in [-0.2, 0) is 17.6 Å². The Bertz CT molecular complexity index is 960. The molecule has 0 aromatic heterocycles. The van der Waals surface area contributed by atoms with E-state index in [2.05, 4.69) is 95.9 Å². The molecule has 3 aromatic carbocycles. The first-order valence-electron chi connectivity index (χ1n) is 13.4. The third-order valence-electron chi connectivity index (χ3n) is 7.87. The van der Waals surface area contributed by atoms with E-state index in [1.165, 1.54) is 61.8 Å². The zero-order chi connectivity index (χ0) is 23.0. The highest BCUT2D eigenvalue weighted by molar-refractivity contribution is 5.19. The van der Waals surface area contributed by atoms with E-state index in [-0.39, 0.29) is 6.10 Å². The average Bonchev–Trinajstić information content (AvgIpc) is 3.12. The Kier molecular flexibility index (Phi) is 8.11. The Balaban J connectivity index is 1.15. The van der Waals surface area contributed by atoms with Gasteiger partial charge in [-0.15, -0.1) is 0 Å². The second-order valence-corrected chi connectivity index (χ2v) is 10.2. The van der Waals surface area contributed by atoms with Crippen LogP contribution in [0.15, 0.2) is 91.0 Å². The molecule has 178 valence electrons. The zero-order valence-electron chi connectivity index (χ0n) is 20.4. The van der Waals surface area contributed by atoms with Crippen molar-refractivity contribution in [1.82, 2.24) is 4.90 Å². The van der Waals surface area contributed by atoms with Gasteiger partial charge < -0.3 is 4.74 Å². The standard InChI is InChI=1S/C32H39NO/c1-4-12-26(13-5-1)16-10-20-32(28-18-8-3-9-19-28)34-31-24-29-21-22-30(25-31)33(29)23-11-17-27-14-6-2-7-15-27/h1-9,12-15,18-19,29-32H,10-11,16-17,20-25H2/t29-,30+,31?,32?. The van der Waals surface area contributed by atoms with Crippen molar-refractivity contribution in [2.75, 3.05) is 6.54 Å². The van der Waals surface area contributed by atoms with Crippen molar-refractivity contribution < 1.29 is 4.74 Å². The minimum atomic E-state index is 0.207. The predicted molar refractivity (Wildman–Crippen MR) is 141 cm³/mol. The van der Waals surface area contributed by atoms with Crippen molar-refractivity contribution in [3.8, 4) is 0 Å². The fourth-order valence-electron chi connectivity index (χ4n) is 6.16. The molecular formula is C32H39NO. The van der Waals surface area contributed by atoms with E-state index in [1.54, 1.807) is 0 Å². The van der Waals surface area contributed by atoms with Crippen LogP contribution in [0.1, 0.15) is 67.7 Å². The number of benzene rings is 3. The lowest BCUT2D eigenvalue weighted by molar-refractivity contribution is -0.0658. The molecule has 3 aromatic rings. The van der Waals surface area contributed by atoms with Crippen LogP contribution in [0.4, 0.5) is 0 Å². The van der Waals surface area contributed by atoms with E-state index < -0.39 is 0 Å². The Morgan fingerprint density at radius 2 is 1.21 bits per heavy atom. The molecule has 5 rings (SSSR count). The van der Waals surface area contributed by atoms with Crippen molar-refractivity contribution in [3.05, 3.63) is 108 Å². The molecule has 34 heavy (non-hydrogen) atoms. The van der Waals surface area contributed by atoms with Gasteiger partial charge in [-0.25, -0.2) is 0 Å². The van der Waals surface area contributed by atoms with Crippen LogP contribution in [-0.4, -0.2) is 29.6 Å². The lowest BCUT2D eigenvalue weighted by Crippen LogP contribution is -2.46. The molecule has 0 radical (unpaired) electrons. The lowest BCUT2D eigenvalue weighted by atomic mass is 9.97. The first-order chi connectivity index (χ1) is 16.8. The van der Waals surface area contributed by atoms with E-state index in [0.717, 1.165) is 19.3 Å². The Morgan fingerprint density at radius 3 is 1.79 bits per heavy atom. The topological polar surface area (TPSA) is 12.5 Å². The van der Waals surface area contributed by atoms with E-state index in [9.17, 15) is 0 Å². The van der Waals surface area contributed by atoms with E-state index in [0.29, 0.717) is 18.2 Å². The molecule has 2 aliphatic heterocycles. The highest BCUT2D eigenvalue weighted by Crippen LogP contribution is 2.39. The number of rotatable bonds is 11. The van der Waals surface area contributed by atoms with Crippen LogP contribution >= 0.6 is 0 Å². The number of hydrogen-bond acceptors (Lipinski definition) is 2. The number of nitrogens with zero attached hydrogens (tertiary/aromatic N) is 1. The van der Waals surface area contributed by atoms with Crippen molar-refractivity contribution in [3.63, 3.8) is 0 Å². The van der Waals surface area contributed by atoms with E-state index >= 15 is 0 Å². The molecule has 2 fully saturated rings. The summed E-state index contributed by atoms with van der Waals surface area (Å²) in [5.41, 5.74) is 4.23. The normalized spacial score (nSPS) is 23.1. The van der Waals surface area contributed by atoms with Gasteiger partial charge in [-0.3, -0.25) is 4.90 Å². The number of fused-ring (bicyclic) bond motifs is 2. The molecule has 0 amide bonds. The molecule has 2 heterocycles. The molecule has 0 aliphatic carbocycles. The Morgan fingerprint density at radius 1 is 0.676 bits per heavy atom. The van der Waals surface area contributed by atoms with Crippen LogP contribution in [0.5, 0.6) is 0 Å². The van der Waals surface area contributed by atoms with Gasteiger partial charge in [0.2, 0.25) is 0 Å². The van der Waals surface area contributed by atoms with Crippen LogP contribution in [0.25, 0.3) is 0 Å². The van der Waals surface area contributed by atoms with Gasteiger partial charge in [0.15, 0.2) is 0 Å². The minimum absolute atomic E-state index is 0.207. The maximum absolute atomic E-state index is 6.89. The molecule has 2 heteroatoms. The number of ether oxygens (including phenoxy) is 1. The summed E-state index contributed by atoms with van der Waals surface area (Å²) in [5, 5.41) is 0. The maximum atomic E-state index is 6.89. The van der Waals surface area contributed by atoms with Crippen LogP contribution < -0.4 is 0 Å². The fraction of sp³-hybridized carbons (Fsp3) is 0.438. The fourth-order valence-corrected chi connectivity index (χ4v) is 6.16. The molecule has 2 unspecified atom stereocenters. The van der Waals surface area contributed by atoms with Crippen LogP contribution in [0.2, 0.25) is 0 Å². The molecule has 2 saturated heterocycles. The van der Waals surface area contributed by atoms with Crippen molar-refractivity contribution in [2.24, 2.45) is 0 Å². The molecule has 2 aliphatic rings. The van der Waals surface area contributed by atoms with Gasteiger partial charge in [0.25, 0.3) is 0 Å². The van der Waals surface area contributed by atoms with E-state index in [4.69, 9.17) is 4.74 Å². The van der Waals surface area contributed by atoms with Gasteiger partial charge in [0.1, 0.15) is 0 Å². The van der Waals surface area contributed by atoms with Gasteiger partial charge in [-0.1, -0.05) is 91.0 Å². The summed E-state index contributed by atoms with van der Waals surface area (Å²) in [4.78, 5) is 2.82. The number of aryl methyl sites for hydroxylation is 2. The number of piperidine rings is 1. The van der Waals surface area contributed by atoms with Crippen LogP contribution in [0, 0.1) is 0 Å². The van der Waals surface area contributed by atoms with Crippen molar-refractivity contribution in [1.29, 1.82) is 0 Å². The van der Waals surface area contributed by atoms with Crippen LogP contribution in [0.3, 0.4) is 0 Å². The summed E-state index contributed by atoms with van der Waals surface area (Å²) in [6, 6.07) is 34.1. The highest BCUT2D eigenvalue weighted by atomic mass is 16.5. The first kappa shape index (κ1) is 23.3. The summed E-state index contributed by atoms with van der Waals surface area (Å²) in [7, 11) is 0. The molecule has 4 atom stereocenters. The summed E-state index contributed by atoms with van der Waals surface area (Å²) in [6.45, 7) is 1.23. The predicted octanol–water partition coefficient (Wildman–Crippen LogP) is 7.40. The summed E-state index contributed by atoms with van der Waals surface area (Å²) >= 11 is 0. The Labute approximate surface area is 206 Å². The number of hydrogen-bond donors (Lipinski definition) is 0. The molecule has 2 bridgehead atoms. The maximum Gasteiger partial charge on any atom is 0.0828 e. The molecule has 2 nitrogen and oxygen atoms in total. The molecular weight excluding hydrogens is 414 g/mol. The largest absolute Gasteiger partial charge is 0.370 e. The van der Waals surface area contributed by atoms with Gasteiger partial charge >= 0.3 is 0 Å². The highest BCUT2D eigenvalue weighted by Gasteiger charge is 2.41. The second kappa shape index (κ2) is 11.8. The smallest absolute Gasteiger partial charge is 0.0828 e. The molecule has 0 N–H and O–H groups in total. The lowest BCUT2D eigenvalue weighted by Gasteiger charge is -2.40. The van der Waals surface area contributed by atoms with E-state index in [1.807, 2.05) is 0 Å². The van der Waals surface area contributed by atoms with Gasteiger partial charge in [-0.2, -0.15) is 0 Å². The van der Waals surface area contributed by atoms with Gasteiger partial charge in [-0.05, 0) is 81.0 Å². The molecule has 0 spiro atoms. The first-order valence-corrected chi connectivity index (χ1v) is 13.4. The summed E-state index contributed by atoms with van der Waals surface area (Å²) in [5.74, 6) is 0. The zero-order valence-corrected chi connectivity index (χ0v) is 20.4. The minimum Gasteiger partial charge on any atom is -0.370 e. The SMILES string of the molecule is c1ccc(CCCC(OC2C[C@H]3CC[C@@H](C2)N3CCCc2ccccc2)c2ccccc2)cc1. The summed E-state index contributed by atoms with van der Waals surface area (Å²) in [6.07, 6.45) is 11.5. The summed E-state index contributed by atoms with van der Waals surface area (Å²) < 4.78 is 6.89. The third kappa shape index (κ3) is 6.17. The average molecular weight is 454 g/mol. The monoisotopic (exact) mass is 453 g/mol. The quantitative estimate of drug-likeness (QED) is 0.300. The van der Waals surface area contributed by atoms with Crippen molar-refractivity contribution >= 4 is 0 Å². The second-order valence-electron chi connectivity index (χ2n) is 10.2. The Hall–Kier alpha value is -2.42. The van der Waals surface area contributed by atoms with Gasteiger partial charge in [0.05, 0.1) is 12.2 Å².